The molecule has 3 aromatic rings. The van der Waals surface area contributed by atoms with Crippen LogP contribution in [-0.2, 0) is 16.6 Å². The SMILES string of the molecule is Cn1cc([C@H](CC(=O)NCCN2CCOCC2)c2ccc([N+](=O)[O-])cc2)c2ccccc21. The first kappa shape index (κ1) is 22.0. The van der Waals surface area contributed by atoms with E-state index in [-0.39, 0.29) is 23.9 Å². The van der Waals surface area contributed by atoms with Crippen LogP contribution >= 0.6 is 0 Å². The Morgan fingerprint density at radius 3 is 2.59 bits per heavy atom. The maximum atomic E-state index is 12.9. The van der Waals surface area contributed by atoms with E-state index in [2.05, 4.69) is 27.0 Å². The van der Waals surface area contributed by atoms with Crippen LogP contribution in [0.1, 0.15) is 23.5 Å². The molecule has 0 bridgehead atoms. The average Bonchev–Trinajstić information content (AvgIpc) is 3.15. The molecule has 2 heterocycles. The Kier molecular flexibility index (Phi) is 6.82. The van der Waals surface area contributed by atoms with Gasteiger partial charge in [0.25, 0.3) is 5.69 Å². The van der Waals surface area contributed by atoms with Crippen LogP contribution in [0.15, 0.2) is 54.7 Å². The van der Waals surface area contributed by atoms with Gasteiger partial charge in [0.15, 0.2) is 0 Å². The minimum atomic E-state index is -0.408. The van der Waals surface area contributed by atoms with E-state index < -0.39 is 4.92 Å². The molecule has 1 aliphatic heterocycles. The molecule has 0 saturated carbocycles. The van der Waals surface area contributed by atoms with Crippen molar-refractivity contribution in [1.29, 1.82) is 0 Å². The van der Waals surface area contributed by atoms with Crippen LogP contribution < -0.4 is 5.32 Å². The molecule has 0 aliphatic carbocycles. The number of hydrogen-bond donors (Lipinski definition) is 1. The number of aromatic nitrogens is 1. The van der Waals surface area contributed by atoms with E-state index in [1.54, 1.807) is 12.1 Å². The van der Waals surface area contributed by atoms with Gasteiger partial charge in [0.05, 0.1) is 18.1 Å². The van der Waals surface area contributed by atoms with Gasteiger partial charge < -0.3 is 14.6 Å². The largest absolute Gasteiger partial charge is 0.379 e. The molecule has 2 aromatic carbocycles. The fourth-order valence-electron chi connectivity index (χ4n) is 4.32. The van der Waals surface area contributed by atoms with Gasteiger partial charge >= 0.3 is 0 Å². The molecule has 168 valence electrons. The van der Waals surface area contributed by atoms with Crippen molar-refractivity contribution in [2.24, 2.45) is 7.05 Å². The van der Waals surface area contributed by atoms with Crippen molar-refractivity contribution >= 4 is 22.5 Å². The molecule has 1 saturated heterocycles. The number of nitrogens with zero attached hydrogens (tertiary/aromatic N) is 3. The summed E-state index contributed by atoms with van der Waals surface area (Å²) in [6.45, 7) is 4.62. The lowest BCUT2D eigenvalue weighted by Crippen LogP contribution is -2.41. The van der Waals surface area contributed by atoms with Crippen LogP contribution in [0, 0.1) is 10.1 Å². The topological polar surface area (TPSA) is 89.6 Å². The van der Waals surface area contributed by atoms with Crippen molar-refractivity contribution in [3.05, 3.63) is 76.0 Å². The third-order valence-corrected chi connectivity index (χ3v) is 6.05. The molecule has 1 N–H and O–H groups in total. The lowest BCUT2D eigenvalue weighted by Gasteiger charge is -2.26. The molecule has 0 unspecified atom stereocenters. The van der Waals surface area contributed by atoms with E-state index in [9.17, 15) is 14.9 Å². The number of ether oxygens (including phenoxy) is 1. The van der Waals surface area contributed by atoms with Crippen molar-refractivity contribution in [3.63, 3.8) is 0 Å². The highest BCUT2D eigenvalue weighted by atomic mass is 16.6. The zero-order valence-electron chi connectivity index (χ0n) is 18.2. The third-order valence-electron chi connectivity index (χ3n) is 6.05. The molecule has 32 heavy (non-hydrogen) atoms. The molecule has 1 aliphatic rings. The highest BCUT2D eigenvalue weighted by molar-refractivity contribution is 5.86. The Hall–Kier alpha value is -3.23. The van der Waals surface area contributed by atoms with Crippen LogP contribution in [0.5, 0.6) is 0 Å². The summed E-state index contributed by atoms with van der Waals surface area (Å²) in [6, 6.07) is 14.6. The van der Waals surface area contributed by atoms with Crippen molar-refractivity contribution in [2.75, 3.05) is 39.4 Å². The fourth-order valence-corrected chi connectivity index (χ4v) is 4.32. The van der Waals surface area contributed by atoms with Gasteiger partial charge in [0.1, 0.15) is 0 Å². The summed E-state index contributed by atoms with van der Waals surface area (Å²) in [4.78, 5) is 25.8. The summed E-state index contributed by atoms with van der Waals surface area (Å²) in [7, 11) is 1.99. The van der Waals surface area contributed by atoms with Gasteiger partial charge in [0, 0.05) is 74.8 Å². The highest BCUT2D eigenvalue weighted by Gasteiger charge is 2.23. The lowest BCUT2D eigenvalue weighted by molar-refractivity contribution is -0.384. The number of nitro groups is 1. The van der Waals surface area contributed by atoms with E-state index in [1.807, 2.05) is 25.2 Å². The van der Waals surface area contributed by atoms with Crippen LogP contribution in [0.3, 0.4) is 0 Å². The number of nitrogens with one attached hydrogen (secondary N) is 1. The number of non-ortho nitro benzene ring substituents is 1. The number of aryl methyl sites for hydroxylation is 1. The molecule has 1 fully saturated rings. The molecule has 0 radical (unpaired) electrons. The second-order valence-corrected chi connectivity index (χ2v) is 8.12. The summed E-state index contributed by atoms with van der Waals surface area (Å²) < 4.78 is 7.42. The lowest BCUT2D eigenvalue weighted by atomic mass is 9.88. The predicted octanol–water partition coefficient (Wildman–Crippen LogP) is 3.06. The highest BCUT2D eigenvalue weighted by Crippen LogP contribution is 2.35. The molecule has 8 nitrogen and oxygen atoms in total. The maximum Gasteiger partial charge on any atom is 0.269 e. The number of nitro benzene ring substituents is 1. The second kappa shape index (κ2) is 9.93. The Labute approximate surface area is 186 Å². The smallest absolute Gasteiger partial charge is 0.269 e. The molecule has 1 atom stereocenters. The monoisotopic (exact) mass is 436 g/mol. The standard InChI is InChI=1S/C24H28N4O4/c1-26-17-22(20-4-2-3-5-23(20)26)21(18-6-8-19(9-7-18)28(30)31)16-24(29)25-10-11-27-12-14-32-15-13-27/h2-9,17,21H,10-16H2,1H3,(H,25,29)/t21-/m1/s1. The second-order valence-electron chi connectivity index (χ2n) is 8.12. The third kappa shape index (κ3) is 4.98. The maximum absolute atomic E-state index is 12.9. The van der Waals surface area contributed by atoms with E-state index in [4.69, 9.17) is 4.74 Å². The molecule has 4 rings (SSSR count). The number of rotatable bonds is 8. The van der Waals surface area contributed by atoms with Crippen LogP contribution in [0.4, 0.5) is 5.69 Å². The molecular weight excluding hydrogens is 408 g/mol. The first-order chi connectivity index (χ1) is 15.5. The van der Waals surface area contributed by atoms with Gasteiger partial charge in [-0.25, -0.2) is 0 Å². The van der Waals surface area contributed by atoms with Crippen molar-refractivity contribution < 1.29 is 14.5 Å². The molecule has 0 spiro atoms. The number of morpholine rings is 1. The fraction of sp³-hybridized carbons (Fsp3) is 0.375. The Balaban J connectivity index is 1.54. The average molecular weight is 437 g/mol. The molecular formula is C24H28N4O4. The first-order valence-electron chi connectivity index (χ1n) is 10.9. The van der Waals surface area contributed by atoms with Crippen LogP contribution in [-0.4, -0.2) is 59.7 Å². The van der Waals surface area contributed by atoms with Crippen LogP contribution in [0.2, 0.25) is 0 Å². The molecule has 1 amide bonds. The number of fused-ring (bicyclic) bond motifs is 1. The van der Waals surface area contributed by atoms with E-state index >= 15 is 0 Å². The Morgan fingerprint density at radius 2 is 1.88 bits per heavy atom. The number of amides is 1. The summed E-state index contributed by atoms with van der Waals surface area (Å²) in [5.41, 5.74) is 3.05. The zero-order valence-corrected chi connectivity index (χ0v) is 18.2. The number of benzene rings is 2. The minimum Gasteiger partial charge on any atom is -0.379 e. The van der Waals surface area contributed by atoms with Crippen molar-refractivity contribution in [2.45, 2.75) is 12.3 Å². The van der Waals surface area contributed by atoms with Crippen molar-refractivity contribution in [1.82, 2.24) is 14.8 Å². The first-order valence-corrected chi connectivity index (χ1v) is 10.9. The van der Waals surface area contributed by atoms with E-state index in [1.165, 1.54) is 12.1 Å². The number of hydrogen-bond acceptors (Lipinski definition) is 5. The summed E-state index contributed by atoms with van der Waals surface area (Å²) >= 11 is 0. The molecule has 8 heteroatoms. The van der Waals surface area contributed by atoms with Gasteiger partial charge in [-0.1, -0.05) is 30.3 Å². The van der Waals surface area contributed by atoms with Crippen LogP contribution in [0.25, 0.3) is 10.9 Å². The number of para-hydroxylation sites is 1. The van der Waals surface area contributed by atoms with Gasteiger partial charge in [0.2, 0.25) is 5.91 Å². The molecule has 1 aromatic heterocycles. The number of carbonyl (C=O) groups excluding carboxylic acids is 1. The normalized spacial score (nSPS) is 15.5. The summed E-state index contributed by atoms with van der Waals surface area (Å²) in [5.74, 6) is -0.236. The number of carbonyl (C=O) groups is 1. The Morgan fingerprint density at radius 1 is 1.16 bits per heavy atom. The summed E-state index contributed by atoms with van der Waals surface area (Å²) in [6.07, 6.45) is 2.33. The Bertz CT molecular complexity index is 1090. The predicted molar refractivity (Wildman–Crippen MR) is 123 cm³/mol. The minimum absolute atomic E-state index is 0.0328. The van der Waals surface area contributed by atoms with Gasteiger partial charge in [-0.3, -0.25) is 19.8 Å². The van der Waals surface area contributed by atoms with Gasteiger partial charge in [-0.15, -0.1) is 0 Å². The quantitative estimate of drug-likeness (QED) is 0.433. The van der Waals surface area contributed by atoms with Gasteiger partial charge in [-0.2, -0.15) is 0 Å². The van der Waals surface area contributed by atoms with E-state index in [0.717, 1.165) is 54.9 Å². The van der Waals surface area contributed by atoms with Crippen molar-refractivity contribution in [3.8, 4) is 0 Å². The zero-order chi connectivity index (χ0) is 22.5. The van der Waals surface area contributed by atoms with Gasteiger partial charge in [-0.05, 0) is 17.2 Å². The summed E-state index contributed by atoms with van der Waals surface area (Å²) in [5, 5.41) is 15.2. The van der Waals surface area contributed by atoms with E-state index in [0.29, 0.717) is 6.54 Å².